The number of carbonyl (C=O) groups excluding carboxylic acids is 1. The zero-order valence-electron chi connectivity index (χ0n) is 29.3. The number of thiocarbonyl (C=S) groups is 1. The Morgan fingerprint density at radius 1 is 0.942 bits per heavy atom. The van der Waals surface area contributed by atoms with E-state index in [1.165, 1.54) is 0 Å². The standard InChI is InChI=1S/C41H41Cl2N6O2S/c1-30(22-31-16-18-37(19-17-31)51-28-34-8-5-4-6-9-34)49(41(52)47(21-20-46(2)3)27-35-10-7-11-38(42)40(35)43)39(50)23-36-25-45-29-48(36)26-33-14-12-32(24-44)13-15-33/h4-19,25,29-30H,1,20-23,26-28H2,2-3H3/t30-/m0/s1. The lowest BCUT2D eigenvalue weighted by Crippen LogP contribution is -2.52. The Morgan fingerprint density at radius 2 is 1.65 bits per heavy atom. The second-order valence-electron chi connectivity index (χ2n) is 12.8. The highest BCUT2D eigenvalue weighted by Crippen LogP contribution is 2.27. The van der Waals surface area contributed by atoms with E-state index in [1.807, 2.05) is 102 Å². The van der Waals surface area contributed by atoms with Gasteiger partial charge in [-0.25, -0.2) is 4.98 Å². The van der Waals surface area contributed by atoms with Crippen molar-refractivity contribution in [2.45, 2.75) is 38.6 Å². The normalized spacial score (nSPS) is 11.6. The van der Waals surface area contributed by atoms with Crippen LogP contribution in [0.25, 0.3) is 0 Å². The summed E-state index contributed by atoms with van der Waals surface area (Å²) in [5.41, 5.74) is 5.17. The van der Waals surface area contributed by atoms with Crippen LogP contribution in [-0.4, -0.2) is 68.5 Å². The molecule has 0 fully saturated rings. The van der Waals surface area contributed by atoms with E-state index in [1.54, 1.807) is 35.6 Å². The minimum Gasteiger partial charge on any atom is -0.489 e. The van der Waals surface area contributed by atoms with Crippen molar-refractivity contribution in [3.63, 3.8) is 0 Å². The molecule has 0 bridgehead atoms. The number of aromatic nitrogens is 2. The van der Waals surface area contributed by atoms with Crippen molar-refractivity contribution < 1.29 is 9.53 Å². The van der Waals surface area contributed by atoms with E-state index in [2.05, 4.69) is 22.9 Å². The first-order valence-corrected chi connectivity index (χ1v) is 18.0. The Labute approximate surface area is 321 Å². The molecule has 0 aliphatic heterocycles. The van der Waals surface area contributed by atoms with E-state index >= 15 is 0 Å². The van der Waals surface area contributed by atoms with Gasteiger partial charge in [0.1, 0.15) is 12.4 Å². The average Bonchev–Trinajstić information content (AvgIpc) is 3.57. The van der Waals surface area contributed by atoms with Crippen LogP contribution in [0.4, 0.5) is 0 Å². The maximum absolute atomic E-state index is 14.5. The van der Waals surface area contributed by atoms with Crippen molar-refractivity contribution in [3.8, 4) is 11.8 Å². The van der Waals surface area contributed by atoms with E-state index < -0.39 is 6.04 Å². The molecule has 5 aromatic rings. The number of amides is 1. The van der Waals surface area contributed by atoms with Crippen molar-refractivity contribution in [1.82, 2.24) is 24.3 Å². The lowest BCUT2D eigenvalue weighted by atomic mass is 10.1. The molecule has 1 aromatic heterocycles. The van der Waals surface area contributed by atoms with E-state index in [9.17, 15) is 10.1 Å². The van der Waals surface area contributed by atoms with Gasteiger partial charge in [-0.05, 0) is 92.2 Å². The zero-order chi connectivity index (χ0) is 37.0. The van der Waals surface area contributed by atoms with E-state index in [0.717, 1.165) is 33.7 Å². The number of hydrogen-bond acceptors (Lipinski definition) is 6. The number of rotatable bonds is 15. The van der Waals surface area contributed by atoms with Gasteiger partial charge in [0.2, 0.25) is 5.91 Å². The third-order valence-corrected chi connectivity index (χ3v) is 9.84. The Kier molecular flexibility index (Phi) is 13.8. The minimum atomic E-state index is -0.539. The summed E-state index contributed by atoms with van der Waals surface area (Å²) in [7, 11) is 3.98. The number of carbonyl (C=O) groups is 1. The van der Waals surface area contributed by atoms with Gasteiger partial charge in [-0.15, -0.1) is 0 Å². The number of likely N-dealkylation sites (N-methyl/N-ethyl adjacent to an activating group) is 1. The molecule has 0 saturated heterocycles. The number of ether oxygens (including phenoxy) is 1. The summed E-state index contributed by atoms with van der Waals surface area (Å²) in [4.78, 5) is 24.5. The molecule has 1 atom stereocenters. The summed E-state index contributed by atoms with van der Waals surface area (Å²) in [5, 5.41) is 10.5. The van der Waals surface area contributed by atoms with E-state index in [4.69, 9.17) is 40.2 Å². The highest BCUT2D eigenvalue weighted by Gasteiger charge is 2.29. The highest BCUT2D eigenvalue weighted by molar-refractivity contribution is 7.80. The maximum atomic E-state index is 14.5. The summed E-state index contributed by atoms with van der Waals surface area (Å²) >= 11 is 19.2. The molecule has 1 heterocycles. The largest absolute Gasteiger partial charge is 0.489 e. The summed E-state index contributed by atoms with van der Waals surface area (Å²) < 4.78 is 7.93. The molecule has 267 valence electrons. The molecule has 1 radical (unpaired) electrons. The van der Waals surface area contributed by atoms with Crippen LogP contribution < -0.4 is 4.74 Å². The van der Waals surface area contributed by atoms with E-state index in [-0.39, 0.29) is 12.3 Å². The predicted molar refractivity (Wildman–Crippen MR) is 211 cm³/mol. The third kappa shape index (κ3) is 10.7. The van der Waals surface area contributed by atoms with Gasteiger partial charge in [0.25, 0.3) is 0 Å². The molecule has 0 spiro atoms. The van der Waals surface area contributed by atoms with Crippen LogP contribution in [-0.2, 0) is 37.3 Å². The Bertz CT molecular complexity index is 1980. The zero-order valence-corrected chi connectivity index (χ0v) is 31.6. The van der Waals surface area contributed by atoms with Crippen molar-refractivity contribution >= 4 is 46.4 Å². The fourth-order valence-electron chi connectivity index (χ4n) is 5.64. The number of nitrogens with zero attached hydrogens (tertiary/aromatic N) is 6. The summed E-state index contributed by atoms with van der Waals surface area (Å²) in [6.45, 7) is 7.02. The van der Waals surface area contributed by atoms with Crippen molar-refractivity contribution in [1.29, 1.82) is 5.26 Å². The van der Waals surface area contributed by atoms with Gasteiger partial charge < -0.3 is 19.1 Å². The van der Waals surface area contributed by atoms with Crippen molar-refractivity contribution in [3.05, 3.63) is 160 Å². The van der Waals surface area contributed by atoms with Gasteiger partial charge in [0.15, 0.2) is 5.11 Å². The lowest BCUT2D eigenvalue weighted by molar-refractivity contribution is -0.128. The van der Waals surface area contributed by atoms with Gasteiger partial charge in [-0.1, -0.05) is 89.9 Å². The molecular formula is C41H41Cl2N6O2S. The highest BCUT2D eigenvalue weighted by atomic mass is 35.5. The van der Waals surface area contributed by atoms with Gasteiger partial charge >= 0.3 is 0 Å². The average molecular weight is 753 g/mol. The smallest absolute Gasteiger partial charge is 0.235 e. The molecular weight excluding hydrogens is 711 g/mol. The van der Waals surface area contributed by atoms with E-state index in [0.29, 0.717) is 59.9 Å². The number of imidazole rings is 1. The first-order valence-electron chi connectivity index (χ1n) is 16.9. The summed E-state index contributed by atoms with van der Waals surface area (Å²) in [6.07, 6.45) is 3.91. The number of benzene rings is 4. The predicted octanol–water partition coefficient (Wildman–Crippen LogP) is 7.85. The Balaban J connectivity index is 1.39. The molecule has 4 aromatic carbocycles. The first kappa shape index (κ1) is 38.5. The molecule has 52 heavy (non-hydrogen) atoms. The van der Waals surface area contributed by atoms with Crippen LogP contribution >= 0.6 is 35.4 Å². The molecule has 0 aliphatic rings. The fraction of sp³-hybridized carbons (Fsp3) is 0.244. The van der Waals surface area contributed by atoms with Crippen LogP contribution in [0, 0.1) is 18.3 Å². The Morgan fingerprint density at radius 3 is 2.35 bits per heavy atom. The minimum absolute atomic E-state index is 0.0497. The van der Waals surface area contributed by atoms with Gasteiger partial charge in [-0.3, -0.25) is 9.69 Å². The summed E-state index contributed by atoms with van der Waals surface area (Å²) in [6, 6.07) is 32.3. The Hall–Kier alpha value is -4.72. The molecule has 0 N–H and O–H groups in total. The molecule has 11 heteroatoms. The fourth-order valence-corrected chi connectivity index (χ4v) is 6.43. The quantitative estimate of drug-likeness (QED) is 0.101. The SMILES string of the molecule is [CH2][C@@H](Cc1ccc(OCc2ccccc2)cc1)N(C(=O)Cc1cncn1Cc1ccc(C#N)cc1)C(=S)N(CCN(C)C)Cc1cccc(Cl)c1Cl. The van der Waals surface area contributed by atoms with Crippen LogP contribution in [0.2, 0.25) is 10.0 Å². The molecule has 0 unspecified atom stereocenters. The topological polar surface area (TPSA) is 77.6 Å². The molecule has 1 amide bonds. The van der Waals surface area contributed by atoms with Gasteiger partial charge in [0.05, 0.1) is 34.4 Å². The van der Waals surface area contributed by atoms with Crippen molar-refractivity contribution in [2.24, 2.45) is 0 Å². The van der Waals surface area contributed by atoms with Crippen LogP contribution in [0.1, 0.15) is 33.5 Å². The molecule has 8 nitrogen and oxygen atoms in total. The molecule has 0 saturated carbocycles. The number of hydrogen-bond donors (Lipinski definition) is 0. The number of halogens is 2. The second kappa shape index (κ2) is 18.7. The third-order valence-electron chi connectivity index (χ3n) is 8.53. The van der Waals surface area contributed by atoms with Crippen LogP contribution in [0.3, 0.4) is 0 Å². The van der Waals surface area contributed by atoms with Gasteiger partial charge in [-0.2, -0.15) is 5.26 Å². The lowest BCUT2D eigenvalue weighted by Gasteiger charge is -2.37. The van der Waals surface area contributed by atoms with Gasteiger partial charge in [0, 0.05) is 44.1 Å². The van der Waals surface area contributed by atoms with Crippen LogP contribution in [0.5, 0.6) is 5.75 Å². The second-order valence-corrected chi connectivity index (χ2v) is 13.9. The molecule has 5 rings (SSSR count). The maximum Gasteiger partial charge on any atom is 0.235 e. The number of nitriles is 1. The molecule has 0 aliphatic carbocycles. The summed E-state index contributed by atoms with van der Waals surface area (Å²) in [5.74, 6) is 0.543. The monoisotopic (exact) mass is 751 g/mol. The van der Waals surface area contributed by atoms with Crippen LogP contribution in [0.15, 0.2) is 110 Å². The first-order chi connectivity index (χ1) is 25.1. The van der Waals surface area contributed by atoms with Crippen molar-refractivity contribution in [2.75, 3.05) is 27.2 Å².